The van der Waals surface area contributed by atoms with Crippen LogP contribution >= 0.6 is 0 Å². The van der Waals surface area contributed by atoms with E-state index in [2.05, 4.69) is 49.5 Å². The minimum Gasteiger partial charge on any atom is -0.457 e. The molecule has 5 N–H and O–H groups in total. The van der Waals surface area contributed by atoms with Gasteiger partial charge in [-0.25, -0.2) is 0 Å². The third-order valence-corrected chi connectivity index (χ3v) is 6.01. The monoisotopic (exact) mass is 540 g/mol. The summed E-state index contributed by atoms with van der Waals surface area (Å²) in [6, 6.07) is 0. The smallest absolute Gasteiger partial charge is 0.306 e. The lowest BCUT2D eigenvalue weighted by Crippen LogP contribution is -2.59. The van der Waals surface area contributed by atoms with Crippen molar-refractivity contribution in [3.05, 3.63) is 48.6 Å². The summed E-state index contributed by atoms with van der Waals surface area (Å²) in [5.41, 5.74) is 0. The van der Waals surface area contributed by atoms with E-state index < -0.39 is 56.0 Å². The Labute approximate surface area is 227 Å². The van der Waals surface area contributed by atoms with Crippen molar-refractivity contribution in [2.45, 2.75) is 108 Å². The normalized spacial score (nSPS) is 25.3. The van der Waals surface area contributed by atoms with Crippen molar-refractivity contribution in [2.24, 2.45) is 0 Å². The number of allylic oxidation sites excluding steroid dienone is 8. The highest BCUT2D eigenvalue weighted by Crippen LogP contribution is 2.22. The van der Waals surface area contributed by atoms with Gasteiger partial charge in [-0.15, -0.1) is 0 Å². The van der Waals surface area contributed by atoms with Crippen molar-refractivity contribution in [3.8, 4) is 0 Å². The SMILES string of the molecule is CCCCC/C=C\C/C=C\C/C=C\C/C=C\CCCC(=O)OC(CO)CO[C@@H]1O[C@H](CO)[C@H](O)[C@H](O)[C@H]1O. The molecule has 0 amide bonds. The third-order valence-electron chi connectivity index (χ3n) is 6.01. The van der Waals surface area contributed by atoms with Gasteiger partial charge in [0.05, 0.1) is 19.8 Å². The van der Waals surface area contributed by atoms with Crippen molar-refractivity contribution in [1.29, 1.82) is 0 Å². The fourth-order valence-corrected chi connectivity index (χ4v) is 3.70. The molecule has 9 nitrogen and oxygen atoms in total. The highest BCUT2D eigenvalue weighted by Gasteiger charge is 2.44. The van der Waals surface area contributed by atoms with Crippen LogP contribution in [0.15, 0.2) is 48.6 Å². The number of hydrogen-bond acceptors (Lipinski definition) is 9. The molecule has 1 rings (SSSR count). The molecular weight excluding hydrogens is 492 g/mol. The van der Waals surface area contributed by atoms with Crippen LogP contribution < -0.4 is 0 Å². The van der Waals surface area contributed by atoms with Gasteiger partial charge in [-0.2, -0.15) is 0 Å². The summed E-state index contributed by atoms with van der Waals surface area (Å²) in [7, 11) is 0. The molecule has 1 fully saturated rings. The molecule has 1 aliphatic heterocycles. The number of aliphatic hydroxyl groups is 5. The number of aliphatic hydroxyl groups excluding tert-OH is 5. The number of ether oxygens (including phenoxy) is 3. The number of esters is 1. The Morgan fingerprint density at radius 1 is 0.816 bits per heavy atom. The summed E-state index contributed by atoms with van der Waals surface area (Å²) < 4.78 is 15.7. The van der Waals surface area contributed by atoms with Crippen molar-refractivity contribution in [2.75, 3.05) is 19.8 Å². The molecule has 0 aromatic heterocycles. The second-order valence-electron chi connectivity index (χ2n) is 9.31. The molecule has 1 unspecified atom stereocenters. The number of carbonyl (C=O) groups is 1. The minimum atomic E-state index is -1.57. The number of hydrogen-bond donors (Lipinski definition) is 5. The van der Waals surface area contributed by atoms with E-state index in [0.29, 0.717) is 6.42 Å². The maximum absolute atomic E-state index is 12.1. The van der Waals surface area contributed by atoms with E-state index in [1.54, 1.807) is 0 Å². The second kappa shape index (κ2) is 22.0. The first-order valence-electron chi connectivity index (χ1n) is 13.8. The lowest BCUT2D eigenvalue weighted by atomic mass is 9.99. The Bertz CT molecular complexity index is 717. The van der Waals surface area contributed by atoms with Crippen LogP contribution in [-0.2, 0) is 19.0 Å². The van der Waals surface area contributed by atoms with Crippen LogP contribution in [0.5, 0.6) is 0 Å². The first kappa shape index (κ1) is 34.2. The summed E-state index contributed by atoms with van der Waals surface area (Å²) in [6.45, 7) is 0.844. The van der Waals surface area contributed by atoms with E-state index in [9.17, 15) is 30.3 Å². The van der Waals surface area contributed by atoms with Gasteiger partial charge in [-0.05, 0) is 44.9 Å². The minimum absolute atomic E-state index is 0.175. The standard InChI is InChI=1S/C29H48O9/c1-2-3-4-5-6-7-8-9-10-11-12-13-14-15-16-17-18-19-25(32)37-23(20-30)22-36-29-28(35)27(34)26(33)24(21-31)38-29/h6-7,9-10,12-13,15-16,23-24,26-31,33-35H,2-5,8,11,14,17-22H2,1H3/b7-6-,10-9-,13-12-,16-15-/t23?,24-,26+,27+,28-,29-/m1/s1. The van der Waals surface area contributed by atoms with Gasteiger partial charge in [0.2, 0.25) is 0 Å². The van der Waals surface area contributed by atoms with Crippen LogP contribution in [0.25, 0.3) is 0 Å². The van der Waals surface area contributed by atoms with Crippen LogP contribution in [0.3, 0.4) is 0 Å². The molecule has 1 aliphatic rings. The van der Waals surface area contributed by atoms with E-state index in [1.165, 1.54) is 25.7 Å². The second-order valence-corrected chi connectivity index (χ2v) is 9.31. The molecule has 6 atom stereocenters. The molecule has 1 heterocycles. The molecule has 38 heavy (non-hydrogen) atoms. The fourth-order valence-electron chi connectivity index (χ4n) is 3.70. The predicted molar refractivity (Wildman–Crippen MR) is 145 cm³/mol. The molecular formula is C29H48O9. The van der Waals surface area contributed by atoms with Gasteiger partial charge in [0, 0.05) is 6.42 Å². The average Bonchev–Trinajstić information content (AvgIpc) is 2.92. The molecule has 0 spiro atoms. The first-order valence-corrected chi connectivity index (χ1v) is 13.8. The van der Waals surface area contributed by atoms with E-state index in [-0.39, 0.29) is 13.0 Å². The third kappa shape index (κ3) is 14.9. The predicted octanol–water partition coefficient (Wildman–Crippen LogP) is 2.85. The molecule has 0 saturated carbocycles. The van der Waals surface area contributed by atoms with Gasteiger partial charge >= 0.3 is 5.97 Å². The summed E-state index contributed by atoms with van der Waals surface area (Å²) in [5, 5.41) is 48.2. The summed E-state index contributed by atoms with van der Waals surface area (Å²) in [4.78, 5) is 12.1. The largest absolute Gasteiger partial charge is 0.457 e. The molecule has 0 aliphatic carbocycles. The fraction of sp³-hybridized carbons (Fsp3) is 0.690. The maximum Gasteiger partial charge on any atom is 0.306 e. The number of unbranched alkanes of at least 4 members (excludes halogenated alkanes) is 4. The Morgan fingerprint density at radius 2 is 1.39 bits per heavy atom. The van der Waals surface area contributed by atoms with Gasteiger partial charge < -0.3 is 39.7 Å². The topological polar surface area (TPSA) is 146 Å². The molecule has 0 bridgehead atoms. The van der Waals surface area contributed by atoms with Gasteiger partial charge in [0.25, 0.3) is 0 Å². The molecule has 0 aromatic rings. The molecule has 0 aromatic carbocycles. The average molecular weight is 541 g/mol. The zero-order valence-electron chi connectivity index (χ0n) is 22.6. The van der Waals surface area contributed by atoms with E-state index in [0.717, 1.165) is 25.7 Å². The van der Waals surface area contributed by atoms with Crippen LogP contribution in [0.2, 0.25) is 0 Å². The number of rotatable bonds is 20. The van der Waals surface area contributed by atoms with Crippen LogP contribution in [0.1, 0.15) is 71.1 Å². The van der Waals surface area contributed by atoms with Crippen LogP contribution in [0, 0.1) is 0 Å². The maximum atomic E-state index is 12.1. The Hall–Kier alpha value is -1.85. The molecule has 1 saturated heterocycles. The van der Waals surface area contributed by atoms with Crippen LogP contribution in [0.4, 0.5) is 0 Å². The Morgan fingerprint density at radius 3 is 1.95 bits per heavy atom. The quantitative estimate of drug-likeness (QED) is 0.0894. The van der Waals surface area contributed by atoms with Crippen molar-refractivity contribution in [3.63, 3.8) is 0 Å². The van der Waals surface area contributed by atoms with E-state index >= 15 is 0 Å². The van der Waals surface area contributed by atoms with Gasteiger partial charge in [-0.3, -0.25) is 4.79 Å². The Balaban J connectivity index is 2.14. The molecule has 0 radical (unpaired) electrons. The van der Waals surface area contributed by atoms with Crippen LogP contribution in [-0.4, -0.2) is 88.1 Å². The highest BCUT2D eigenvalue weighted by molar-refractivity contribution is 5.69. The zero-order valence-corrected chi connectivity index (χ0v) is 22.6. The van der Waals surface area contributed by atoms with Crippen molar-refractivity contribution >= 4 is 5.97 Å². The molecule has 218 valence electrons. The van der Waals surface area contributed by atoms with E-state index in [4.69, 9.17) is 14.2 Å². The first-order chi connectivity index (χ1) is 18.4. The van der Waals surface area contributed by atoms with Gasteiger partial charge in [0.1, 0.15) is 30.5 Å². The zero-order chi connectivity index (χ0) is 28.0. The highest BCUT2D eigenvalue weighted by atomic mass is 16.7. The lowest BCUT2D eigenvalue weighted by molar-refractivity contribution is -0.305. The molecule has 9 heteroatoms. The Kier molecular flexibility index (Phi) is 19.8. The van der Waals surface area contributed by atoms with E-state index in [1.807, 2.05) is 6.08 Å². The van der Waals surface area contributed by atoms with Gasteiger partial charge in [0.15, 0.2) is 6.29 Å². The summed E-state index contributed by atoms with van der Waals surface area (Å²) in [5.74, 6) is -0.489. The number of carbonyl (C=O) groups excluding carboxylic acids is 1. The van der Waals surface area contributed by atoms with Crippen molar-refractivity contribution < 1.29 is 44.5 Å². The summed E-state index contributed by atoms with van der Waals surface area (Å²) >= 11 is 0. The lowest BCUT2D eigenvalue weighted by Gasteiger charge is -2.39. The summed E-state index contributed by atoms with van der Waals surface area (Å²) in [6.07, 6.45) is 18.3. The van der Waals surface area contributed by atoms with Gasteiger partial charge in [-0.1, -0.05) is 68.4 Å². The van der Waals surface area contributed by atoms with Crippen molar-refractivity contribution in [1.82, 2.24) is 0 Å².